The first kappa shape index (κ1) is 28.1. The van der Waals surface area contributed by atoms with Gasteiger partial charge in [-0.3, -0.25) is 4.79 Å². The molecule has 7 heteroatoms. The predicted molar refractivity (Wildman–Crippen MR) is 107 cm³/mol. The quantitative estimate of drug-likeness (QED) is 0.484. The van der Waals surface area contributed by atoms with Crippen LogP contribution in [0, 0.1) is 20.8 Å². The number of unbranched alkanes of at least 4 members (excludes halogenated alkanes) is 1. The van der Waals surface area contributed by atoms with Crippen LogP contribution in [0.3, 0.4) is 0 Å². The van der Waals surface area contributed by atoms with E-state index >= 15 is 0 Å². The second-order valence-corrected chi connectivity index (χ2v) is 6.08. The molecule has 0 aliphatic carbocycles. The minimum Gasteiger partial charge on any atom is -0.480 e. The Labute approximate surface area is 176 Å². The van der Waals surface area contributed by atoms with Crippen LogP contribution in [-0.4, -0.2) is 41.9 Å². The Morgan fingerprint density at radius 2 is 2.07 bits per heavy atom. The number of methoxy groups -OCH3 is 1. The summed E-state index contributed by atoms with van der Waals surface area (Å²) in [6.07, 6.45) is 5.96. The molecule has 0 unspecified atom stereocenters. The van der Waals surface area contributed by atoms with E-state index in [9.17, 15) is 4.79 Å². The molecule has 6 nitrogen and oxygen atoms in total. The molecule has 2 atom stereocenters. The van der Waals surface area contributed by atoms with Gasteiger partial charge in [0.25, 0.3) is 0 Å². The molecule has 27 heavy (non-hydrogen) atoms. The van der Waals surface area contributed by atoms with Crippen LogP contribution < -0.4 is 29.9 Å². The fraction of sp³-hybridized carbons (Fsp3) is 0.550. The molecule has 0 aromatic carbocycles. The third kappa shape index (κ3) is 13.7. The van der Waals surface area contributed by atoms with Gasteiger partial charge in [0, 0.05) is 19.3 Å². The summed E-state index contributed by atoms with van der Waals surface area (Å²) in [6, 6.07) is 3.58. The molecular formula is C20H34LiN3O3-2. The van der Waals surface area contributed by atoms with Crippen molar-refractivity contribution in [2.75, 3.05) is 19.0 Å². The van der Waals surface area contributed by atoms with Crippen LogP contribution in [0.25, 0.3) is 0 Å². The maximum Gasteiger partial charge on any atom is 1.00 e. The van der Waals surface area contributed by atoms with Crippen molar-refractivity contribution in [2.24, 2.45) is 5.73 Å². The molecule has 0 saturated heterocycles. The summed E-state index contributed by atoms with van der Waals surface area (Å²) >= 11 is 0. The number of nitrogens with two attached hydrogens (primary N) is 1. The normalized spacial score (nSPS) is 13.9. The molecule has 0 fully saturated rings. The van der Waals surface area contributed by atoms with Gasteiger partial charge in [-0.2, -0.15) is 12.8 Å². The number of pyridine rings is 1. The van der Waals surface area contributed by atoms with E-state index in [1.54, 1.807) is 7.11 Å². The van der Waals surface area contributed by atoms with Crippen LogP contribution in [-0.2, 0) is 22.4 Å². The number of aliphatic carboxylic acids is 1. The first-order valence-corrected chi connectivity index (χ1v) is 9.01. The molecule has 1 aliphatic rings. The number of anilines is 1. The van der Waals surface area contributed by atoms with Crippen molar-refractivity contribution in [3.63, 3.8) is 0 Å². The number of aromatic nitrogens is 1. The number of aryl methyl sites for hydroxylation is 2. The molecule has 2 heterocycles. The molecule has 150 valence electrons. The number of carboxylic acid groups (broad SMARTS) is 1. The number of ether oxygens (including phenoxy) is 1. The summed E-state index contributed by atoms with van der Waals surface area (Å²) in [5, 5.41) is 11.4. The van der Waals surface area contributed by atoms with E-state index in [0.717, 1.165) is 31.6 Å². The first-order valence-electron chi connectivity index (χ1n) is 9.01. The molecule has 0 radical (unpaired) electrons. The number of rotatable bonds is 6. The molecule has 0 bridgehead atoms. The summed E-state index contributed by atoms with van der Waals surface area (Å²) in [5.41, 5.74) is 7.52. The number of carboxylic acids is 1. The van der Waals surface area contributed by atoms with Crippen molar-refractivity contribution in [2.45, 2.75) is 57.6 Å². The van der Waals surface area contributed by atoms with Crippen LogP contribution in [0.1, 0.15) is 43.9 Å². The van der Waals surface area contributed by atoms with Gasteiger partial charge in [0.2, 0.25) is 0 Å². The molecule has 1 aromatic heterocycles. The molecule has 1 aromatic rings. The number of fused-ring (bicyclic) bond motifs is 1. The summed E-state index contributed by atoms with van der Waals surface area (Å²) < 4.78 is 4.64. The third-order valence-electron chi connectivity index (χ3n) is 3.67. The minimum atomic E-state index is -0.991. The monoisotopic (exact) mass is 371 g/mol. The Balaban J connectivity index is 0. The number of hydrogen-bond donors (Lipinski definition) is 3. The van der Waals surface area contributed by atoms with Crippen LogP contribution >= 0.6 is 0 Å². The van der Waals surface area contributed by atoms with E-state index in [2.05, 4.69) is 47.9 Å². The zero-order valence-electron chi connectivity index (χ0n) is 17.2. The van der Waals surface area contributed by atoms with Crippen molar-refractivity contribution in [3.05, 3.63) is 44.2 Å². The van der Waals surface area contributed by atoms with Crippen LogP contribution in [0.2, 0.25) is 0 Å². The molecular weight excluding hydrogens is 337 g/mol. The summed E-state index contributed by atoms with van der Waals surface area (Å²) in [6.45, 7) is 13.6. The Morgan fingerprint density at radius 3 is 2.52 bits per heavy atom. The average Bonchev–Trinajstić information content (AvgIpc) is 2.66. The summed E-state index contributed by atoms with van der Waals surface area (Å²) in [7, 11) is 1.64. The topological polar surface area (TPSA) is 97.5 Å². The molecule has 0 saturated carbocycles. The molecule has 2 rings (SSSR count). The van der Waals surface area contributed by atoms with E-state index in [-0.39, 0.29) is 31.4 Å². The van der Waals surface area contributed by atoms with E-state index < -0.39 is 12.0 Å². The standard InChI is InChI=1S/C12H17N2.C4H8NO2.C4H9O.Li/c1-2-3-6-11-8-7-10-5-4-9-13-12(10)14-11;1-2-3(5)4(6)7;1-4(2)5-3;/h7-8H,1-6,9H2,(H,13,14);3H,1-2,5H2,(H,6,7);4H,1H2,2-3H3;/q3*-1;+1/t;3-;4-;/m.00./s1. The third-order valence-corrected chi connectivity index (χ3v) is 3.67. The van der Waals surface area contributed by atoms with Crippen molar-refractivity contribution in [1.29, 1.82) is 0 Å². The molecule has 1 aliphatic heterocycles. The van der Waals surface area contributed by atoms with Gasteiger partial charge in [0.1, 0.15) is 5.82 Å². The molecule has 0 spiro atoms. The second-order valence-electron chi connectivity index (χ2n) is 6.08. The predicted octanol–water partition coefficient (Wildman–Crippen LogP) is 0.0784. The smallest absolute Gasteiger partial charge is 0.480 e. The van der Waals surface area contributed by atoms with Gasteiger partial charge in [0.15, 0.2) is 0 Å². The molecule has 0 amide bonds. The average molecular weight is 371 g/mol. The maximum absolute atomic E-state index is 9.77. The van der Waals surface area contributed by atoms with Gasteiger partial charge in [-0.15, -0.1) is 0 Å². The Kier molecular flexibility index (Phi) is 17.8. The largest absolute Gasteiger partial charge is 1.00 e. The zero-order chi connectivity index (χ0) is 19.9. The number of nitrogens with one attached hydrogen (secondary N) is 1. The maximum atomic E-state index is 9.77. The van der Waals surface area contributed by atoms with E-state index in [1.165, 1.54) is 24.1 Å². The Hall–Kier alpha value is -1.06. The van der Waals surface area contributed by atoms with Gasteiger partial charge in [-0.25, -0.2) is 4.98 Å². The van der Waals surface area contributed by atoms with Crippen molar-refractivity contribution >= 4 is 11.8 Å². The number of hydrogen-bond acceptors (Lipinski definition) is 5. The van der Waals surface area contributed by atoms with Crippen LogP contribution in [0.5, 0.6) is 0 Å². The van der Waals surface area contributed by atoms with Gasteiger partial charge >= 0.3 is 24.8 Å². The minimum absolute atomic E-state index is 0. The van der Waals surface area contributed by atoms with Gasteiger partial charge in [0.05, 0.1) is 6.04 Å². The summed E-state index contributed by atoms with van der Waals surface area (Å²) in [4.78, 5) is 14.4. The Bertz CT molecular complexity index is 513. The van der Waals surface area contributed by atoms with E-state index in [1.807, 2.05) is 6.92 Å². The van der Waals surface area contributed by atoms with E-state index in [4.69, 9.17) is 10.8 Å². The molecule has 4 N–H and O–H groups in total. The fourth-order valence-corrected chi connectivity index (χ4v) is 1.94. The van der Waals surface area contributed by atoms with Crippen molar-refractivity contribution in [3.8, 4) is 0 Å². The number of nitrogens with zero attached hydrogens (tertiary/aromatic N) is 1. The fourth-order valence-electron chi connectivity index (χ4n) is 1.94. The van der Waals surface area contributed by atoms with Crippen molar-refractivity contribution in [1.82, 2.24) is 4.98 Å². The number of carbonyl (C=O) groups is 1. The van der Waals surface area contributed by atoms with Crippen LogP contribution in [0.15, 0.2) is 12.1 Å². The second kappa shape index (κ2) is 17.1. The van der Waals surface area contributed by atoms with Gasteiger partial charge < -0.3 is 41.7 Å². The van der Waals surface area contributed by atoms with Crippen molar-refractivity contribution < 1.29 is 33.5 Å². The van der Waals surface area contributed by atoms with Gasteiger partial charge in [-0.1, -0.05) is 25.5 Å². The SMILES string of the molecule is [CH2-]CCCc1ccc2c(n1)NCCC2.[CH2-]C[C@H](N)C(=O)O.[CH2-][C@@H](C)OC.[Li+]. The first-order chi connectivity index (χ1) is 12.3. The Morgan fingerprint density at radius 1 is 1.44 bits per heavy atom. The van der Waals surface area contributed by atoms with Gasteiger partial charge in [-0.05, 0) is 30.9 Å². The van der Waals surface area contributed by atoms with Crippen LogP contribution in [0.4, 0.5) is 5.82 Å². The zero-order valence-corrected chi connectivity index (χ0v) is 17.2. The van der Waals surface area contributed by atoms with E-state index in [0.29, 0.717) is 0 Å². The summed E-state index contributed by atoms with van der Waals surface area (Å²) in [5.74, 6) is 0.118.